The van der Waals surface area contributed by atoms with E-state index in [-0.39, 0.29) is 11.1 Å². The summed E-state index contributed by atoms with van der Waals surface area (Å²) in [6.07, 6.45) is 6.08. The molecular formula is C12H21NOSi. The maximum absolute atomic E-state index is 8.68. The first-order valence-corrected chi connectivity index (χ1v) is 8.13. The number of hydrogen-bond acceptors (Lipinski definition) is 2. The Balaban J connectivity index is 4.54. The lowest BCUT2D eigenvalue weighted by Crippen LogP contribution is -2.43. The van der Waals surface area contributed by atoms with Gasteiger partial charge in [0.15, 0.2) is 8.32 Å². The zero-order valence-corrected chi connectivity index (χ0v) is 11.4. The second-order valence-electron chi connectivity index (χ2n) is 5.27. The lowest BCUT2D eigenvalue weighted by atomic mass is 10.2. The van der Waals surface area contributed by atoms with Crippen LogP contribution in [0.2, 0.25) is 18.1 Å². The molecule has 0 aromatic heterocycles. The molecule has 0 heterocycles. The molecule has 0 aliphatic carbocycles. The third-order valence-corrected chi connectivity index (χ3v) is 7.47. The Morgan fingerprint density at radius 3 is 2.20 bits per heavy atom. The summed E-state index contributed by atoms with van der Waals surface area (Å²) >= 11 is 0. The largest absolute Gasteiger partial charge is 0.412 e. The van der Waals surface area contributed by atoms with Crippen molar-refractivity contribution in [3.8, 4) is 18.4 Å². The van der Waals surface area contributed by atoms with Crippen LogP contribution in [0.1, 0.15) is 33.6 Å². The van der Waals surface area contributed by atoms with Crippen molar-refractivity contribution in [2.75, 3.05) is 0 Å². The summed E-state index contributed by atoms with van der Waals surface area (Å²) in [6, 6.07) is 2.13. The van der Waals surface area contributed by atoms with Crippen LogP contribution in [0.4, 0.5) is 0 Å². The molecule has 0 aromatic rings. The van der Waals surface area contributed by atoms with Crippen LogP contribution in [0.5, 0.6) is 0 Å². The molecule has 0 N–H and O–H groups in total. The Morgan fingerprint density at radius 2 is 1.87 bits per heavy atom. The van der Waals surface area contributed by atoms with Crippen molar-refractivity contribution in [3.63, 3.8) is 0 Å². The average Bonchev–Trinajstić information content (AvgIpc) is 2.02. The highest BCUT2D eigenvalue weighted by molar-refractivity contribution is 6.74. The van der Waals surface area contributed by atoms with Crippen LogP contribution in [0.15, 0.2) is 0 Å². The molecule has 3 heteroatoms. The highest BCUT2D eigenvalue weighted by atomic mass is 28.4. The molecule has 0 aromatic carbocycles. The van der Waals surface area contributed by atoms with E-state index in [1.807, 2.05) is 0 Å². The van der Waals surface area contributed by atoms with E-state index >= 15 is 0 Å². The van der Waals surface area contributed by atoms with Gasteiger partial charge in [-0.1, -0.05) is 20.8 Å². The predicted octanol–water partition coefficient (Wildman–Crippen LogP) is 3.31. The molecule has 0 saturated heterocycles. The molecule has 0 aliphatic rings. The second kappa shape index (κ2) is 5.35. The van der Waals surface area contributed by atoms with Crippen molar-refractivity contribution in [2.24, 2.45) is 0 Å². The van der Waals surface area contributed by atoms with E-state index in [9.17, 15) is 0 Å². The van der Waals surface area contributed by atoms with Crippen LogP contribution in [0.3, 0.4) is 0 Å². The minimum atomic E-state index is -1.79. The van der Waals surface area contributed by atoms with Gasteiger partial charge in [0.1, 0.15) is 0 Å². The molecule has 1 atom stereocenters. The first-order valence-electron chi connectivity index (χ1n) is 5.23. The average molecular weight is 223 g/mol. The maximum atomic E-state index is 8.68. The Bertz CT molecular complexity index is 261. The van der Waals surface area contributed by atoms with Gasteiger partial charge >= 0.3 is 0 Å². The lowest BCUT2D eigenvalue weighted by Gasteiger charge is -2.38. The number of hydrogen-bond donors (Lipinski definition) is 0. The molecule has 0 radical (unpaired) electrons. The summed E-state index contributed by atoms with van der Waals surface area (Å²) in [4.78, 5) is 0. The molecular weight excluding hydrogens is 202 g/mol. The van der Waals surface area contributed by atoms with Gasteiger partial charge in [0, 0.05) is 6.42 Å². The summed E-state index contributed by atoms with van der Waals surface area (Å²) in [7, 11) is -1.79. The minimum Gasteiger partial charge on any atom is -0.412 e. The highest BCUT2D eigenvalue weighted by Crippen LogP contribution is 2.37. The van der Waals surface area contributed by atoms with Gasteiger partial charge in [-0.3, -0.25) is 0 Å². The lowest BCUT2D eigenvalue weighted by molar-refractivity contribution is 0.190. The standard InChI is InChI=1S/C12H21NOSi/c1-7-8-11(9-10-13)14-15(5,6)12(2,3)4/h1,11H,8-9H2,2-6H3. The third kappa shape index (κ3) is 4.51. The molecule has 0 rings (SSSR count). The molecule has 15 heavy (non-hydrogen) atoms. The Hall–Kier alpha value is -0.773. The van der Waals surface area contributed by atoms with Gasteiger partial charge in [-0.25, -0.2) is 0 Å². The van der Waals surface area contributed by atoms with Crippen molar-refractivity contribution >= 4 is 8.32 Å². The smallest absolute Gasteiger partial charge is 0.192 e. The van der Waals surface area contributed by atoms with Crippen molar-refractivity contribution < 1.29 is 4.43 Å². The Kier molecular flexibility index (Phi) is 5.07. The second-order valence-corrected chi connectivity index (χ2v) is 10.0. The summed E-state index contributed by atoms with van der Waals surface area (Å²) in [5.74, 6) is 2.57. The normalized spacial score (nSPS) is 14.1. The minimum absolute atomic E-state index is 0.0964. The summed E-state index contributed by atoms with van der Waals surface area (Å²) < 4.78 is 6.06. The molecule has 84 valence electrons. The van der Waals surface area contributed by atoms with Gasteiger partial charge in [0.05, 0.1) is 18.6 Å². The maximum Gasteiger partial charge on any atom is 0.192 e. The fourth-order valence-electron chi connectivity index (χ4n) is 0.982. The van der Waals surface area contributed by atoms with Crippen LogP contribution >= 0.6 is 0 Å². The first-order chi connectivity index (χ1) is 6.74. The fourth-order valence-corrected chi connectivity index (χ4v) is 2.34. The van der Waals surface area contributed by atoms with E-state index in [4.69, 9.17) is 16.1 Å². The molecule has 2 nitrogen and oxygen atoms in total. The summed E-state index contributed by atoms with van der Waals surface area (Å²) in [5.41, 5.74) is 0. The van der Waals surface area contributed by atoms with E-state index in [0.29, 0.717) is 12.8 Å². The van der Waals surface area contributed by atoms with Crippen LogP contribution in [-0.4, -0.2) is 14.4 Å². The Labute approximate surface area is 94.8 Å². The first kappa shape index (κ1) is 14.2. The van der Waals surface area contributed by atoms with E-state index in [2.05, 4.69) is 45.9 Å². The molecule has 1 unspecified atom stereocenters. The molecule has 0 spiro atoms. The number of nitriles is 1. The Morgan fingerprint density at radius 1 is 1.33 bits per heavy atom. The quantitative estimate of drug-likeness (QED) is 0.541. The van der Waals surface area contributed by atoms with E-state index in [0.717, 1.165) is 0 Å². The number of terminal acetylenes is 1. The van der Waals surface area contributed by atoms with E-state index < -0.39 is 8.32 Å². The summed E-state index contributed by atoms with van der Waals surface area (Å²) in [6.45, 7) is 10.9. The van der Waals surface area contributed by atoms with Gasteiger partial charge in [0.25, 0.3) is 0 Å². The highest BCUT2D eigenvalue weighted by Gasteiger charge is 2.38. The molecule has 0 bridgehead atoms. The summed E-state index contributed by atoms with van der Waals surface area (Å²) in [5, 5.41) is 8.84. The van der Waals surface area contributed by atoms with E-state index in [1.165, 1.54) is 0 Å². The van der Waals surface area contributed by atoms with Gasteiger partial charge < -0.3 is 4.43 Å². The number of rotatable bonds is 4. The van der Waals surface area contributed by atoms with Crippen LogP contribution < -0.4 is 0 Å². The molecule has 0 aliphatic heterocycles. The van der Waals surface area contributed by atoms with Crippen LogP contribution in [0.25, 0.3) is 0 Å². The SMILES string of the molecule is C#CCC(CC#N)O[Si](C)(C)C(C)(C)C. The predicted molar refractivity (Wildman–Crippen MR) is 65.8 cm³/mol. The van der Waals surface area contributed by atoms with Crippen LogP contribution in [0, 0.1) is 23.7 Å². The molecule has 0 amide bonds. The van der Waals surface area contributed by atoms with Gasteiger partial charge in [-0.15, -0.1) is 12.3 Å². The van der Waals surface area contributed by atoms with Crippen LogP contribution in [-0.2, 0) is 4.43 Å². The molecule has 0 fully saturated rings. The van der Waals surface area contributed by atoms with Gasteiger partial charge in [0.2, 0.25) is 0 Å². The van der Waals surface area contributed by atoms with Crippen molar-refractivity contribution in [1.29, 1.82) is 5.26 Å². The topological polar surface area (TPSA) is 33.0 Å². The van der Waals surface area contributed by atoms with Crippen molar-refractivity contribution in [1.82, 2.24) is 0 Å². The van der Waals surface area contributed by atoms with Gasteiger partial charge in [-0.2, -0.15) is 5.26 Å². The number of nitrogens with zero attached hydrogens (tertiary/aromatic N) is 1. The zero-order chi connectivity index (χ0) is 12.1. The third-order valence-electron chi connectivity index (χ3n) is 2.93. The van der Waals surface area contributed by atoms with Crippen molar-refractivity contribution in [2.45, 2.75) is 57.8 Å². The van der Waals surface area contributed by atoms with Gasteiger partial charge in [-0.05, 0) is 18.1 Å². The molecule has 0 saturated carbocycles. The van der Waals surface area contributed by atoms with E-state index in [1.54, 1.807) is 0 Å². The fraction of sp³-hybridized carbons (Fsp3) is 0.750. The monoisotopic (exact) mass is 223 g/mol. The van der Waals surface area contributed by atoms with Crippen molar-refractivity contribution in [3.05, 3.63) is 0 Å². The zero-order valence-electron chi connectivity index (χ0n) is 10.4.